The van der Waals surface area contributed by atoms with Gasteiger partial charge < -0.3 is 10.7 Å². The van der Waals surface area contributed by atoms with Gasteiger partial charge in [0.1, 0.15) is 5.82 Å². The minimum Gasteiger partial charge on any atom is -0.398 e. The summed E-state index contributed by atoms with van der Waals surface area (Å²) in [7, 11) is 0. The molecule has 3 N–H and O–H groups in total. The maximum Gasteiger partial charge on any atom is 0.160 e. The summed E-state index contributed by atoms with van der Waals surface area (Å²) in [6.45, 7) is 0. The van der Waals surface area contributed by atoms with E-state index in [1.807, 2.05) is 30.3 Å². The molecule has 0 aliphatic carbocycles. The molecular weight excluding hydrogens is 260 g/mol. The van der Waals surface area contributed by atoms with Crippen molar-refractivity contribution in [1.29, 1.82) is 0 Å². The number of rotatable bonds is 2. The number of nitrogen functional groups attached to an aromatic ring is 1. The molecule has 0 spiro atoms. The van der Waals surface area contributed by atoms with Gasteiger partial charge in [-0.3, -0.25) is 0 Å². The van der Waals surface area contributed by atoms with Crippen LogP contribution in [0.1, 0.15) is 0 Å². The topological polar surface area (TPSA) is 54.7 Å². The van der Waals surface area contributed by atoms with Crippen LogP contribution in [0.25, 0.3) is 22.6 Å². The zero-order chi connectivity index (χ0) is 14.1. The van der Waals surface area contributed by atoms with Gasteiger partial charge in [0.2, 0.25) is 0 Å². The fourth-order valence-corrected chi connectivity index (χ4v) is 1.99. The summed E-state index contributed by atoms with van der Waals surface area (Å²) < 4.78 is 26.4. The highest BCUT2D eigenvalue weighted by Gasteiger charge is 2.12. The van der Waals surface area contributed by atoms with Gasteiger partial charge in [-0.2, -0.15) is 0 Å². The highest BCUT2D eigenvalue weighted by atomic mass is 19.2. The number of H-pyrrole nitrogens is 1. The third-order valence-electron chi connectivity index (χ3n) is 3.01. The summed E-state index contributed by atoms with van der Waals surface area (Å²) in [5.74, 6) is -1.52. The van der Waals surface area contributed by atoms with Crippen molar-refractivity contribution in [3.05, 3.63) is 60.3 Å². The summed E-state index contributed by atoms with van der Waals surface area (Å²) in [6.07, 6.45) is 1.63. The van der Waals surface area contributed by atoms with Crippen molar-refractivity contribution in [2.45, 2.75) is 0 Å². The normalized spacial score (nSPS) is 10.7. The lowest BCUT2D eigenvalue weighted by atomic mass is 10.1. The van der Waals surface area contributed by atoms with Crippen LogP contribution >= 0.6 is 0 Å². The molecule has 0 bridgehead atoms. The highest BCUT2D eigenvalue weighted by molar-refractivity contribution is 5.73. The van der Waals surface area contributed by atoms with Crippen molar-refractivity contribution in [3.63, 3.8) is 0 Å². The van der Waals surface area contributed by atoms with Gasteiger partial charge in [0.15, 0.2) is 11.6 Å². The lowest BCUT2D eigenvalue weighted by Gasteiger charge is -2.03. The molecule has 20 heavy (non-hydrogen) atoms. The van der Waals surface area contributed by atoms with E-state index >= 15 is 0 Å². The Labute approximate surface area is 114 Å². The first-order valence-corrected chi connectivity index (χ1v) is 6.00. The third-order valence-corrected chi connectivity index (χ3v) is 3.01. The number of aromatic nitrogens is 2. The van der Waals surface area contributed by atoms with Crippen molar-refractivity contribution in [2.75, 3.05) is 5.73 Å². The van der Waals surface area contributed by atoms with Crippen molar-refractivity contribution < 1.29 is 8.78 Å². The zero-order valence-corrected chi connectivity index (χ0v) is 10.4. The number of benzene rings is 2. The quantitative estimate of drug-likeness (QED) is 0.700. The van der Waals surface area contributed by atoms with E-state index in [-0.39, 0.29) is 5.69 Å². The number of hydrogen-bond acceptors (Lipinski definition) is 2. The molecule has 1 aromatic heterocycles. The van der Waals surface area contributed by atoms with Gasteiger partial charge in [-0.1, -0.05) is 30.3 Å². The smallest absolute Gasteiger partial charge is 0.160 e. The Morgan fingerprint density at radius 1 is 1.00 bits per heavy atom. The average Bonchev–Trinajstić information content (AvgIpc) is 2.93. The minimum atomic E-state index is -0.971. The van der Waals surface area contributed by atoms with Crippen LogP contribution in [0.15, 0.2) is 48.7 Å². The highest BCUT2D eigenvalue weighted by Crippen LogP contribution is 2.28. The van der Waals surface area contributed by atoms with E-state index in [9.17, 15) is 8.78 Å². The first-order chi connectivity index (χ1) is 9.65. The number of aromatic amines is 1. The molecule has 100 valence electrons. The lowest BCUT2D eigenvalue weighted by Crippen LogP contribution is -1.95. The lowest BCUT2D eigenvalue weighted by molar-refractivity contribution is 0.509. The molecule has 0 fully saturated rings. The maximum atomic E-state index is 13.3. The number of nitrogens with two attached hydrogens (primary N) is 1. The summed E-state index contributed by atoms with van der Waals surface area (Å²) >= 11 is 0. The molecule has 0 saturated heterocycles. The molecule has 3 rings (SSSR count). The Morgan fingerprint density at radius 3 is 2.45 bits per heavy atom. The predicted molar refractivity (Wildman–Crippen MR) is 73.8 cm³/mol. The molecule has 0 aliphatic rings. The van der Waals surface area contributed by atoms with Crippen LogP contribution in [0.5, 0.6) is 0 Å². The molecular formula is C15H11F2N3. The number of anilines is 1. The van der Waals surface area contributed by atoms with Crippen molar-refractivity contribution in [2.24, 2.45) is 0 Å². The number of nitrogens with zero attached hydrogens (tertiary/aromatic N) is 1. The van der Waals surface area contributed by atoms with E-state index in [0.29, 0.717) is 11.4 Å². The van der Waals surface area contributed by atoms with Crippen LogP contribution in [-0.4, -0.2) is 9.97 Å². The Hall–Kier alpha value is -2.69. The van der Waals surface area contributed by atoms with E-state index in [0.717, 1.165) is 23.4 Å². The van der Waals surface area contributed by atoms with Crippen LogP contribution < -0.4 is 5.73 Å². The average molecular weight is 271 g/mol. The molecule has 0 amide bonds. The summed E-state index contributed by atoms with van der Waals surface area (Å²) in [5, 5.41) is 0. The Kier molecular flexibility index (Phi) is 2.95. The van der Waals surface area contributed by atoms with Gasteiger partial charge in [0, 0.05) is 17.3 Å². The molecule has 0 saturated carbocycles. The first kappa shape index (κ1) is 12.3. The molecule has 5 heteroatoms. The predicted octanol–water partition coefficient (Wildman–Crippen LogP) is 3.60. The number of imidazole rings is 1. The molecule has 3 aromatic rings. The number of nitrogens with one attached hydrogen (secondary N) is 1. The Balaban J connectivity index is 2.05. The Bertz CT molecular complexity index is 751. The van der Waals surface area contributed by atoms with Crippen molar-refractivity contribution >= 4 is 5.69 Å². The van der Waals surface area contributed by atoms with E-state index in [1.165, 1.54) is 0 Å². The largest absolute Gasteiger partial charge is 0.398 e. The monoisotopic (exact) mass is 271 g/mol. The number of hydrogen-bond donors (Lipinski definition) is 2. The first-order valence-electron chi connectivity index (χ1n) is 6.00. The molecule has 2 aromatic carbocycles. The second kappa shape index (κ2) is 4.77. The molecule has 0 radical (unpaired) electrons. The van der Waals surface area contributed by atoms with Gasteiger partial charge in [-0.05, 0) is 11.6 Å². The zero-order valence-electron chi connectivity index (χ0n) is 10.4. The van der Waals surface area contributed by atoms with Gasteiger partial charge in [0.25, 0.3) is 0 Å². The van der Waals surface area contributed by atoms with E-state index in [1.54, 1.807) is 6.20 Å². The van der Waals surface area contributed by atoms with E-state index in [4.69, 9.17) is 5.73 Å². The van der Waals surface area contributed by atoms with E-state index < -0.39 is 11.6 Å². The van der Waals surface area contributed by atoms with Crippen LogP contribution in [-0.2, 0) is 0 Å². The molecule has 0 unspecified atom stereocenters. The van der Waals surface area contributed by atoms with Gasteiger partial charge >= 0.3 is 0 Å². The molecule has 0 atom stereocenters. The summed E-state index contributed by atoms with van der Waals surface area (Å²) in [5.41, 5.74) is 7.91. The third kappa shape index (κ3) is 2.14. The minimum absolute atomic E-state index is 0.137. The summed E-state index contributed by atoms with van der Waals surface area (Å²) in [4.78, 5) is 7.22. The van der Waals surface area contributed by atoms with E-state index in [2.05, 4.69) is 9.97 Å². The van der Waals surface area contributed by atoms with Crippen LogP contribution in [0, 0.1) is 11.6 Å². The standard InChI is InChI=1S/C15H11F2N3/c16-11-6-10(13(18)7-12(11)17)15-19-8-14(20-15)9-4-2-1-3-5-9/h1-8H,18H2,(H,19,20). The Morgan fingerprint density at radius 2 is 1.70 bits per heavy atom. The number of halogens is 2. The molecule has 1 heterocycles. The van der Waals surface area contributed by atoms with Crippen LogP contribution in [0.2, 0.25) is 0 Å². The fourth-order valence-electron chi connectivity index (χ4n) is 1.99. The second-order valence-corrected chi connectivity index (χ2v) is 4.37. The van der Waals surface area contributed by atoms with Gasteiger partial charge in [0.05, 0.1) is 11.9 Å². The molecule has 0 aliphatic heterocycles. The summed E-state index contributed by atoms with van der Waals surface area (Å²) in [6, 6.07) is 11.6. The van der Waals surface area contributed by atoms with Crippen molar-refractivity contribution in [3.8, 4) is 22.6 Å². The second-order valence-electron chi connectivity index (χ2n) is 4.37. The maximum absolute atomic E-state index is 13.3. The molecule has 3 nitrogen and oxygen atoms in total. The van der Waals surface area contributed by atoms with Gasteiger partial charge in [-0.25, -0.2) is 13.8 Å². The van der Waals surface area contributed by atoms with Crippen LogP contribution in [0.4, 0.5) is 14.5 Å². The fraction of sp³-hybridized carbons (Fsp3) is 0. The van der Waals surface area contributed by atoms with Crippen LogP contribution in [0.3, 0.4) is 0 Å². The SMILES string of the molecule is Nc1cc(F)c(F)cc1-c1ncc(-c2ccccc2)[nH]1. The van der Waals surface area contributed by atoms with Crippen molar-refractivity contribution in [1.82, 2.24) is 9.97 Å². The van der Waals surface area contributed by atoms with Gasteiger partial charge in [-0.15, -0.1) is 0 Å².